The van der Waals surface area contributed by atoms with E-state index in [2.05, 4.69) is 28.6 Å². The van der Waals surface area contributed by atoms with E-state index >= 15 is 0 Å². The molecule has 0 saturated carbocycles. The Bertz CT molecular complexity index is 1120. The number of aromatic nitrogens is 1. The average molecular weight is 493 g/mol. The van der Waals surface area contributed by atoms with Crippen LogP contribution in [0.1, 0.15) is 42.8 Å². The molecule has 2 heterocycles. The molecular formula is C28H36N4O4. The minimum Gasteiger partial charge on any atom is -0.451 e. The highest BCUT2D eigenvalue weighted by molar-refractivity contribution is 6.00. The third-order valence-corrected chi connectivity index (χ3v) is 6.26. The minimum absolute atomic E-state index is 0.139. The summed E-state index contributed by atoms with van der Waals surface area (Å²) in [5, 5.41) is 12.2. The molecule has 0 spiro atoms. The van der Waals surface area contributed by atoms with Crippen LogP contribution >= 0.6 is 0 Å². The fraction of sp³-hybridized carbons (Fsp3) is 0.464. The molecular weight excluding hydrogens is 456 g/mol. The van der Waals surface area contributed by atoms with Gasteiger partial charge in [0.2, 0.25) is 0 Å². The summed E-state index contributed by atoms with van der Waals surface area (Å²) in [4.78, 5) is 27.1. The van der Waals surface area contributed by atoms with Gasteiger partial charge in [0.25, 0.3) is 5.91 Å². The van der Waals surface area contributed by atoms with Gasteiger partial charge in [-0.15, -0.1) is 0 Å². The normalized spacial score (nSPS) is 14.5. The third kappa shape index (κ3) is 7.80. The number of benzene rings is 1. The molecule has 1 aliphatic rings. The number of carbonyl (C=O) groups is 2. The van der Waals surface area contributed by atoms with Crippen molar-refractivity contribution in [3.63, 3.8) is 0 Å². The van der Waals surface area contributed by atoms with E-state index in [1.165, 1.54) is 6.08 Å². The molecule has 192 valence electrons. The smallest absolute Gasteiger partial charge is 0.349 e. The van der Waals surface area contributed by atoms with Gasteiger partial charge < -0.3 is 19.4 Å². The van der Waals surface area contributed by atoms with Crippen molar-refractivity contribution in [2.24, 2.45) is 5.92 Å². The van der Waals surface area contributed by atoms with Gasteiger partial charge in [-0.25, -0.2) is 4.79 Å². The van der Waals surface area contributed by atoms with Gasteiger partial charge in [0, 0.05) is 43.3 Å². The summed E-state index contributed by atoms with van der Waals surface area (Å²) in [5.41, 5.74) is 4.48. The molecule has 0 atom stereocenters. The topological polar surface area (TPSA) is 96.6 Å². The molecule has 8 heteroatoms. The Balaban J connectivity index is 1.53. The highest BCUT2D eigenvalue weighted by Gasteiger charge is 2.16. The van der Waals surface area contributed by atoms with Crippen molar-refractivity contribution in [3.8, 4) is 6.07 Å². The van der Waals surface area contributed by atoms with Crippen molar-refractivity contribution in [1.82, 2.24) is 9.47 Å². The second-order valence-corrected chi connectivity index (χ2v) is 9.54. The van der Waals surface area contributed by atoms with Crippen LogP contribution in [0, 0.1) is 31.1 Å². The maximum absolute atomic E-state index is 12.5. The van der Waals surface area contributed by atoms with Gasteiger partial charge in [0.05, 0.1) is 13.2 Å². The number of hydrogen-bond acceptors (Lipinski definition) is 6. The molecule has 1 aromatic carbocycles. The molecule has 0 bridgehead atoms. The number of hydrogen-bond donors (Lipinski definition) is 1. The lowest BCUT2D eigenvalue weighted by atomic mass is 10.1. The summed E-state index contributed by atoms with van der Waals surface area (Å²) < 4.78 is 12.7. The van der Waals surface area contributed by atoms with Crippen LogP contribution in [-0.4, -0.2) is 54.3 Å². The van der Waals surface area contributed by atoms with Crippen LogP contribution in [0.3, 0.4) is 0 Å². The molecule has 0 aliphatic carbocycles. The molecule has 3 rings (SSSR count). The summed E-state index contributed by atoms with van der Waals surface area (Å²) in [6.07, 6.45) is 2.57. The van der Waals surface area contributed by atoms with E-state index in [9.17, 15) is 14.9 Å². The van der Waals surface area contributed by atoms with Crippen LogP contribution < -0.4 is 5.32 Å². The Morgan fingerprint density at radius 2 is 1.89 bits per heavy atom. The van der Waals surface area contributed by atoms with E-state index in [-0.39, 0.29) is 5.57 Å². The number of nitriles is 1. The number of morpholine rings is 1. The highest BCUT2D eigenvalue weighted by Crippen LogP contribution is 2.20. The van der Waals surface area contributed by atoms with E-state index < -0.39 is 18.5 Å². The molecule has 1 fully saturated rings. The maximum Gasteiger partial charge on any atom is 0.349 e. The first-order valence-corrected chi connectivity index (χ1v) is 12.4. The Morgan fingerprint density at radius 3 is 2.53 bits per heavy atom. The zero-order valence-electron chi connectivity index (χ0n) is 21.7. The van der Waals surface area contributed by atoms with Crippen molar-refractivity contribution in [3.05, 3.63) is 58.4 Å². The second-order valence-electron chi connectivity index (χ2n) is 9.54. The summed E-state index contributed by atoms with van der Waals surface area (Å²) >= 11 is 0. The summed E-state index contributed by atoms with van der Waals surface area (Å²) in [6, 6.07) is 11.4. The van der Waals surface area contributed by atoms with Crippen molar-refractivity contribution in [2.45, 2.75) is 47.2 Å². The van der Waals surface area contributed by atoms with Crippen LogP contribution in [0.25, 0.3) is 6.08 Å². The quantitative estimate of drug-likeness (QED) is 0.305. The van der Waals surface area contributed by atoms with Crippen molar-refractivity contribution in [1.29, 1.82) is 5.26 Å². The molecule has 2 aromatic rings. The largest absolute Gasteiger partial charge is 0.451 e. The van der Waals surface area contributed by atoms with E-state index in [0.717, 1.165) is 68.3 Å². The highest BCUT2D eigenvalue weighted by atomic mass is 16.5. The first-order valence-electron chi connectivity index (χ1n) is 12.4. The van der Waals surface area contributed by atoms with Crippen molar-refractivity contribution >= 4 is 23.6 Å². The van der Waals surface area contributed by atoms with E-state index in [1.807, 2.05) is 50.2 Å². The predicted octanol–water partition coefficient (Wildman–Crippen LogP) is 4.07. The Morgan fingerprint density at radius 1 is 1.19 bits per heavy atom. The van der Waals surface area contributed by atoms with Gasteiger partial charge in [0.15, 0.2) is 6.61 Å². The number of esters is 1. The number of nitrogens with one attached hydrogen (secondary N) is 1. The number of amides is 1. The van der Waals surface area contributed by atoms with E-state index in [0.29, 0.717) is 11.6 Å². The van der Waals surface area contributed by atoms with Crippen LogP contribution in [0.2, 0.25) is 0 Å². The summed E-state index contributed by atoms with van der Waals surface area (Å²) in [5.74, 6) is -0.706. The van der Waals surface area contributed by atoms with Crippen molar-refractivity contribution < 1.29 is 19.1 Å². The first-order chi connectivity index (χ1) is 17.3. The predicted molar refractivity (Wildman–Crippen MR) is 139 cm³/mol. The zero-order chi connectivity index (χ0) is 26.1. The van der Waals surface area contributed by atoms with Crippen LogP contribution in [-0.2, 0) is 32.2 Å². The Hall–Kier alpha value is -3.41. The maximum atomic E-state index is 12.5. The monoisotopic (exact) mass is 492 g/mol. The molecule has 1 aliphatic heterocycles. The molecule has 1 N–H and O–H groups in total. The lowest BCUT2D eigenvalue weighted by Gasteiger charge is -2.26. The molecule has 0 unspecified atom stereocenters. The number of aryl methyl sites for hydroxylation is 1. The fourth-order valence-electron chi connectivity index (χ4n) is 4.11. The zero-order valence-corrected chi connectivity index (χ0v) is 21.7. The summed E-state index contributed by atoms with van der Waals surface area (Å²) in [7, 11) is 0. The molecule has 1 amide bonds. The van der Waals surface area contributed by atoms with Gasteiger partial charge in [-0.2, -0.15) is 5.26 Å². The minimum atomic E-state index is -0.819. The van der Waals surface area contributed by atoms with Crippen molar-refractivity contribution in [2.75, 3.05) is 38.2 Å². The molecule has 36 heavy (non-hydrogen) atoms. The van der Waals surface area contributed by atoms with E-state index in [4.69, 9.17) is 9.47 Å². The van der Waals surface area contributed by atoms with Gasteiger partial charge in [0.1, 0.15) is 11.6 Å². The van der Waals surface area contributed by atoms with Gasteiger partial charge in [-0.3, -0.25) is 9.69 Å². The number of rotatable bonds is 10. The molecule has 1 aromatic heterocycles. The lowest BCUT2D eigenvalue weighted by Crippen LogP contribution is -2.35. The van der Waals surface area contributed by atoms with Gasteiger partial charge in [-0.05, 0) is 61.6 Å². The first kappa shape index (κ1) is 27.2. The molecule has 1 saturated heterocycles. The number of nitrogens with zero attached hydrogens (tertiary/aromatic N) is 3. The molecule has 8 nitrogen and oxygen atoms in total. The van der Waals surface area contributed by atoms with Gasteiger partial charge in [-0.1, -0.05) is 26.0 Å². The number of ether oxygens (including phenoxy) is 2. The Kier molecular flexibility index (Phi) is 9.86. The van der Waals surface area contributed by atoms with Gasteiger partial charge >= 0.3 is 5.97 Å². The van der Waals surface area contributed by atoms with Crippen LogP contribution in [0.15, 0.2) is 35.9 Å². The number of carbonyl (C=O) groups excluding carboxylic acids is 2. The SMILES string of the molecule is Cc1cc(/C=C(\C#N)C(=O)OCC(=O)Nc2ccc(CN3CCOCC3)cc2)c(C)n1CCC(C)C. The Labute approximate surface area is 213 Å². The third-order valence-electron chi connectivity index (χ3n) is 6.26. The van der Waals surface area contributed by atoms with Crippen LogP contribution in [0.5, 0.6) is 0 Å². The lowest BCUT2D eigenvalue weighted by molar-refractivity contribution is -0.142. The van der Waals surface area contributed by atoms with E-state index in [1.54, 1.807) is 0 Å². The number of anilines is 1. The standard InChI is InChI=1S/C28H36N4O4/c1-20(2)9-10-32-21(3)15-24(22(32)4)16-25(17-29)28(34)36-19-27(33)30-26-7-5-23(6-8-26)18-31-11-13-35-14-12-31/h5-8,15-16,20H,9-14,18-19H2,1-4H3,(H,30,33)/b25-16+. The summed E-state index contributed by atoms with van der Waals surface area (Å²) in [6.45, 7) is 12.9. The average Bonchev–Trinajstić information content (AvgIpc) is 3.13. The van der Waals surface area contributed by atoms with Crippen LogP contribution in [0.4, 0.5) is 5.69 Å². The molecule has 0 radical (unpaired) electrons. The fourth-order valence-corrected chi connectivity index (χ4v) is 4.11. The second kappa shape index (κ2) is 13.1.